The van der Waals surface area contributed by atoms with Crippen molar-refractivity contribution in [2.75, 3.05) is 0 Å². The van der Waals surface area contributed by atoms with Crippen molar-refractivity contribution < 1.29 is 13.2 Å². The van der Waals surface area contributed by atoms with Gasteiger partial charge in [-0.1, -0.05) is 13.8 Å². The van der Waals surface area contributed by atoms with E-state index in [0.29, 0.717) is 0 Å². The van der Waals surface area contributed by atoms with Crippen LogP contribution in [-0.4, -0.2) is 20.4 Å². The monoisotopic (exact) mass is 354 g/mol. The summed E-state index contributed by atoms with van der Waals surface area (Å²) in [5, 5.41) is 0. The first-order chi connectivity index (χ1) is 8.15. The van der Waals surface area contributed by atoms with Gasteiger partial charge in [-0.05, 0) is 40.4 Å². The number of primary amides is 1. The van der Waals surface area contributed by atoms with Crippen LogP contribution in [0.4, 0.5) is 0 Å². The molecular weight excluding hydrogens is 340 g/mol. The van der Waals surface area contributed by atoms with Crippen LogP contribution >= 0.6 is 27.3 Å². The fourth-order valence-electron chi connectivity index (χ4n) is 1.31. The zero-order valence-corrected chi connectivity index (χ0v) is 13.4. The molecule has 5 nitrogen and oxygen atoms in total. The van der Waals surface area contributed by atoms with E-state index in [1.54, 1.807) is 26.8 Å². The van der Waals surface area contributed by atoms with Gasteiger partial charge < -0.3 is 5.73 Å². The topological polar surface area (TPSA) is 89.3 Å². The Morgan fingerprint density at radius 1 is 1.50 bits per heavy atom. The SMILES string of the molecule is Cc1cc(S(=O)(=O)NC(C(N)=O)C(C)C)sc1Br. The summed E-state index contributed by atoms with van der Waals surface area (Å²) in [5.74, 6) is -0.886. The van der Waals surface area contributed by atoms with E-state index in [2.05, 4.69) is 20.7 Å². The second-order valence-corrected chi connectivity index (χ2v) is 8.58. The minimum absolute atomic E-state index is 0.166. The minimum atomic E-state index is -3.71. The van der Waals surface area contributed by atoms with Crippen LogP contribution in [0.5, 0.6) is 0 Å². The van der Waals surface area contributed by atoms with E-state index < -0.39 is 22.0 Å². The second-order valence-electron chi connectivity index (χ2n) is 4.27. The van der Waals surface area contributed by atoms with Crippen molar-refractivity contribution >= 4 is 43.2 Å². The van der Waals surface area contributed by atoms with Crippen molar-refractivity contribution in [3.8, 4) is 0 Å². The lowest BCUT2D eigenvalue weighted by atomic mass is 10.1. The first kappa shape index (κ1) is 15.6. The molecule has 1 unspecified atom stereocenters. The number of rotatable bonds is 5. The van der Waals surface area contributed by atoms with E-state index >= 15 is 0 Å². The Morgan fingerprint density at radius 2 is 2.06 bits per heavy atom. The van der Waals surface area contributed by atoms with Gasteiger partial charge in [-0.15, -0.1) is 11.3 Å². The highest BCUT2D eigenvalue weighted by atomic mass is 79.9. The number of sulfonamides is 1. The molecule has 0 saturated carbocycles. The summed E-state index contributed by atoms with van der Waals surface area (Å²) in [5.41, 5.74) is 6.02. The maximum Gasteiger partial charge on any atom is 0.250 e. The van der Waals surface area contributed by atoms with E-state index in [4.69, 9.17) is 5.73 Å². The molecule has 1 atom stereocenters. The first-order valence-electron chi connectivity index (χ1n) is 5.22. The number of thiophene rings is 1. The van der Waals surface area contributed by atoms with E-state index in [1.807, 2.05) is 0 Å². The normalized spacial score (nSPS) is 13.8. The van der Waals surface area contributed by atoms with Crippen LogP contribution in [0.15, 0.2) is 14.1 Å². The molecule has 0 aliphatic heterocycles. The second kappa shape index (κ2) is 5.68. The van der Waals surface area contributed by atoms with Crippen LogP contribution in [0.3, 0.4) is 0 Å². The van der Waals surface area contributed by atoms with Gasteiger partial charge >= 0.3 is 0 Å². The van der Waals surface area contributed by atoms with Gasteiger partial charge in [0.1, 0.15) is 10.3 Å². The zero-order valence-electron chi connectivity index (χ0n) is 10.2. The predicted molar refractivity (Wildman–Crippen MR) is 74.9 cm³/mol. The fourth-order valence-corrected chi connectivity index (χ4v) is 4.91. The number of nitrogens with two attached hydrogens (primary N) is 1. The fraction of sp³-hybridized carbons (Fsp3) is 0.500. The summed E-state index contributed by atoms with van der Waals surface area (Å²) in [6.07, 6.45) is 0. The molecule has 102 valence electrons. The van der Waals surface area contributed by atoms with Crippen molar-refractivity contribution in [2.45, 2.75) is 31.0 Å². The quantitative estimate of drug-likeness (QED) is 0.841. The Hall–Kier alpha value is -0.440. The maximum absolute atomic E-state index is 12.1. The molecule has 18 heavy (non-hydrogen) atoms. The number of amides is 1. The van der Waals surface area contributed by atoms with E-state index in [1.165, 1.54) is 0 Å². The molecule has 0 spiro atoms. The number of carbonyl (C=O) groups excluding carboxylic acids is 1. The number of hydrogen-bond donors (Lipinski definition) is 2. The van der Waals surface area contributed by atoms with Gasteiger partial charge in [0.2, 0.25) is 5.91 Å². The average molecular weight is 355 g/mol. The summed E-state index contributed by atoms with van der Waals surface area (Å²) < 4.78 is 27.4. The van der Waals surface area contributed by atoms with Crippen LogP contribution in [0.25, 0.3) is 0 Å². The summed E-state index contributed by atoms with van der Waals surface area (Å²) in [6.45, 7) is 5.26. The van der Waals surface area contributed by atoms with Crippen molar-refractivity contribution in [1.82, 2.24) is 4.72 Å². The van der Waals surface area contributed by atoms with Crippen molar-refractivity contribution in [2.24, 2.45) is 11.7 Å². The van der Waals surface area contributed by atoms with Gasteiger partial charge in [-0.2, -0.15) is 4.72 Å². The summed E-state index contributed by atoms with van der Waals surface area (Å²) in [7, 11) is -3.71. The number of halogens is 1. The van der Waals surface area contributed by atoms with Gasteiger partial charge in [0.15, 0.2) is 0 Å². The maximum atomic E-state index is 12.1. The molecule has 0 aromatic carbocycles. The van der Waals surface area contributed by atoms with Gasteiger partial charge in [0, 0.05) is 0 Å². The Morgan fingerprint density at radius 3 is 2.39 bits per heavy atom. The Labute approximate surface area is 119 Å². The molecule has 0 bridgehead atoms. The zero-order chi connectivity index (χ0) is 14.1. The summed E-state index contributed by atoms with van der Waals surface area (Å²) >= 11 is 4.37. The number of nitrogens with one attached hydrogen (secondary N) is 1. The lowest BCUT2D eigenvalue weighted by Crippen LogP contribution is -2.47. The molecule has 1 aromatic rings. The average Bonchev–Trinajstić information content (AvgIpc) is 2.56. The van der Waals surface area contributed by atoms with E-state index in [9.17, 15) is 13.2 Å². The third-order valence-electron chi connectivity index (χ3n) is 2.35. The van der Waals surface area contributed by atoms with Crippen LogP contribution in [-0.2, 0) is 14.8 Å². The Bertz CT molecular complexity index is 532. The largest absolute Gasteiger partial charge is 0.368 e. The molecule has 8 heteroatoms. The van der Waals surface area contributed by atoms with Crippen molar-refractivity contribution in [3.05, 3.63) is 15.4 Å². The first-order valence-corrected chi connectivity index (χ1v) is 8.32. The van der Waals surface area contributed by atoms with Crippen molar-refractivity contribution in [1.29, 1.82) is 0 Å². The smallest absolute Gasteiger partial charge is 0.250 e. The standard InChI is InChI=1S/C10H15BrN2O3S2/c1-5(2)8(10(12)14)13-18(15,16)7-4-6(3)9(11)17-7/h4-5,8,13H,1-3H3,(H2,12,14). The van der Waals surface area contributed by atoms with E-state index in [0.717, 1.165) is 20.7 Å². The highest BCUT2D eigenvalue weighted by Gasteiger charge is 2.27. The molecule has 0 fully saturated rings. The highest BCUT2D eigenvalue weighted by Crippen LogP contribution is 2.30. The number of aryl methyl sites for hydroxylation is 1. The molecule has 1 aromatic heterocycles. The number of hydrogen-bond acceptors (Lipinski definition) is 4. The molecule has 1 rings (SSSR count). The van der Waals surface area contributed by atoms with Crippen LogP contribution in [0.1, 0.15) is 19.4 Å². The molecular formula is C10H15BrN2O3S2. The molecule has 1 amide bonds. The lowest BCUT2D eigenvalue weighted by Gasteiger charge is -2.18. The Balaban J connectivity index is 3.04. The van der Waals surface area contributed by atoms with Gasteiger partial charge in [0.25, 0.3) is 10.0 Å². The third-order valence-corrected chi connectivity index (χ3v) is 6.41. The van der Waals surface area contributed by atoms with E-state index in [-0.39, 0.29) is 10.1 Å². The molecule has 0 aliphatic rings. The molecule has 0 radical (unpaired) electrons. The van der Waals surface area contributed by atoms with Crippen LogP contribution in [0.2, 0.25) is 0 Å². The van der Waals surface area contributed by atoms with Crippen LogP contribution in [0, 0.1) is 12.8 Å². The summed E-state index contributed by atoms with van der Waals surface area (Å²) in [6, 6.07) is 0.645. The highest BCUT2D eigenvalue weighted by molar-refractivity contribution is 9.11. The minimum Gasteiger partial charge on any atom is -0.368 e. The van der Waals surface area contributed by atoms with Crippen LogP contribution < -0.4 is 10.5 Å². The van der Waals surface area contributed by atoms with Crippen molar-refractivity contribution in [3.63, 3.8) is 0 Å². The Kier molecular flexibility index (Phi) is 4.93. The molecule has 3 N–H and O–H groups in total. The van der Waals surface area contributed by atoms with Gasteiger partial charge in [-0.3, -0.25) is 4.79 Å². The molecule has 0 aliphatic carbocycles. The molecule has 1 heterocycles. The third kappa shape index (κ3) is 3.53. The summed E-state index contributed by atoms with van der Waals surface area (Å²) in [4.78, 5) is 11.2. The number of carbonyl (C=O) groups is 1. The lowest BCUT2D eigenvalue weighted by molar-refractivity contribution is -0.120. The van der Waals surface area contributed by atoms with Gasteiger partial charge in [-0.25, -0.2) is 8.42 Å². The predicted octanol–water partition coefficient (Wildman–Crippen LogP) is 1.61. The molecule has 0 saturated heterocycles. The van der Waals surface area contributed by atoms with Gasteiger partial charge in [0.05, 0.1) is 3.79 Å².